The summed E-state index contributed by atoms with van der Waals surface area (Å²) in [6.07, 6.45) is 4.57. The number of rotatable bonds is 4. The van der Waals surface area contributed by atoms with Gasteiger partial charge in [0, 0.05) is 49.9 Å². The van der Waals surface area contributed by atoms with Crippen molar-refractivity contribution >= 4 is 11.8 Å². The highest BCUT2D eigenvalue weighted by molar-refractivity contribution is 7.99. The van der Waals surface area contributed by atoms with E-state index in [1.54, 1.807) is 12.1 Å². The molecule has 0 unspecified atom stereocenters. The first-order valence-electron chi connectivity index (χ1n) is 9.12. The van der Waals surface area contributed by atoms with E-state index in [1.165, 1.54) is 30.4 Å². The number of benzene rings is 1. The quantitative estimate of drug-likeness (QED) is 0.908. The molecular formula is C19H25FN4S. The Morgan fingerprint density at radius 3 is 2.72 bits per heavy atom. The van der Waals surface area contributed by atoms with Crippen LogP contribution in [0.1, 0.15) is 18.4 Å². The van der Waals surface area contributed by atoms with Gasteiger partial charge in [-0.3, -0.25) is 14.9 Å². The Morgan fingerprint density at radius 2 is 1.96 bits per heavy atom. The maximum absolute atomic E-state index is 13.5. The van der Waals surface area contributed by atoms with Crippen molar-refractivity contribution in [3.8, 4) is 11.3 Å². The highest BCUT2D eigenvalue weighted by Crippen LogP contribution is 2.25. The van der Waals surface area contributed by atoms with Crippen molar-refractivity contribution in [3.05, 3.63) is 41.8 Å². The lowest BCUT2D eigenvalue weighted by molar-refractivity contribution is 0.0881. The van der Waals surface area contributed by atoms with Crippen LogP contribution < -0.4 is 0 Å². The zero-order valence-electron chi connectivity index (χ0n) is 14.5. The van der Waals surface area contributed by atoms with Gasteiger partial charge in [-0.1, -0.05) is 12.1 Å². The smallest absolute Gasteiger partial charge is 0.123 e. The Bertz CT molecular complexity index is 690. The van der Waals surface area contributed by atoms with Crippen molar-refractivity contribution in [1.29, 1.82) is 0 Å². The minimum Gasteiger partial charge on any atom is -0.298 e. The van der Waals surface area contributed by atoms with Gasteiger partial charge < -0.3 is 0 Å². The predicted octanol–water partition coefficient (Wildman–Crippen LogP) is 3.23. The molecule has 0 atom stereocenters. The van der Waals surface area contributed by atoms with Crippen LogP contribution in [0.25, 0.3) is 11.3 Å². The molecule has 25 heavy (non-hydrogen) atoms. The van der Waals surface area contributed by atoms with E-state index in [4.69, 9.17) is 0 Å². The standard InChI is InChI=1S/C19H25FN4S/c20-17-3-1-2-15(12-17)19-16(13-21-22-19)14-23-6-8-24(9-7-23)18-4-10-25-11-5-18/h1-3,12-13,18H,4-11,14H2,(H,21,22). The molecule has 0 spiro atoms. The van der Waals surface area contributed by atoms with Crippen LogP contribution in [0, 0.1) is 5.82 Å². The van der Waals surface area contributed by atoms with Crippen molar-refractivity contribution < 1.29 is 4.39 Å². The zero-order chi connectivity index (χ0) is 17.1. The summed E-state index contributed by atoms with van der Waals surface area (Å²) in [4.78, 5) is 5.17. The molecule has 0 bridgehead atoms. The Labute approximate surface area is 152 Å². The number of thioether (sulfide) groups is 1. The first-order chi connectivity index (χ1) is 12.3. The summed E-state index contributed by atoms with van der Waals surface area (Å²) >= 11 is 2.09. The molecule has 4 nitrogen and oxygen atoms in total. The molecule has 6 heteroatoms. The number of hydrogen-bond acceptors (Lipinski definition) is 4. The third-order valence-electron chi connectivity index (χ3n) is 5.34. The molecule has 1 aromatic heterocycles. The van der Waals surface area contributed by atoms with E-state index < -0.39 is 0 Å². The van der Waals surface area contributed by atoms with Crippen LogP contribution in [-0.2, 0) is 6.54 Å². The largest absolute Gasteiger partial charge is 0.298 e. The number of aromatic nitrogens is 2. The SMILES string of the molecule is Fc1cccc(-c2[nH]ncc2CN2CCN(C3CCSCC3)CC2)c1. The van der Waals surface area contributed by atoms with Crippen molar-refractivity contribution in [2.24, 2.45) is 0 Å². The van der Waals surface area contributed by atoms with E-state index in [9.17, 15) is 4.39 Å². The average Bonchev–Trinajstić information content (AvgIpc) is 3.11. The van der Waals surface area contributed by atoms with E-state index in [0.717, 1.165) is 55.6 Å². The van der Waals surface area contributed by atoms with Crippen LogP contribution >= 0.6 is 11.8 Å². The molecule has 2 aliphatic heterocycles. The van der Waals surface area contributed by atoms with Gasteiger partial charge in [0.25, 0.3) is 0 Å². The molecule has 2 aliphatic rings. The Morgan fingerprint density at radius 1 is 1.16 bits per heavy atom. The minimum absolute atomic E-state index is 0.211. The van der Waals surface area contributed by atoms with Crippen molar-refractivity contribution in [3.63, 3.8) is 0 Å². The maximum Gasteiger partial charge on any atom is 0.123 e. The molecular weight excluding hydrogens is 335 g/mol. The summed E-state index contributed by atoms with van der Waals surface area (Å²) in [6.45, 7) is 5.37. The molecule has 0 aliphatic carbocycles. The fourth-order valence-corrected chi connectivity index (χ4v) is 4.98. The second-order valence-electron chi connectivity index (χ2n) is 6.94. The van der Waals surface area contributed by atoms with E-state index in [2.05, 4.69) is 31.8 Å². The fourth-order valence-electron chi connectivity index (χ4n) is 3.90. The predicted molar refractivity (Wildman–Crippen MR) is 101 cm³/mol. The zero-order valence-corrected chi connectivity index (χ0v) is 15.3. The van der Waals surface area contributed by atoms with Crippen LogP contribution in [0.4, 0.5) is 4.39 Å². The Hall–Kier alpha value is -1.37. The van der Waals surface area contributed by atoms with Crippen molar-refractivity contribution in [1.82, 2.24) is 20.0 Å². The molecule has 2 fully saturated rings. The highest BCUT2D eigenvalue weighted by Gasteiger charge is 2.25. The molecule has 134 valence electrons. The Balaban J connectivity index is 1.37. The summed E-state index contributed by atoms with van der Waals surface area (Å²) in [5.41, 5.74) is 2.95. The van der Waals surface area contributed by atoms with Gasteiger partial charge in [-0.2, -0.15) is 16.9 Å². The molecule has 0 radical (unpaired) electrons. The van der Waals surface area contributed by atoms with Gasteiger partial charge in [0.1, 0.15) is 5.82 Å². The van der Waals surface area contributed by atoms with Crippen molar-refractivity contribution in [2.45, 2.75) is 25.4 Å². The monoisotopic (exact) mass is 360 g/mol. The first-order valence-corrected chi connectivity index (χ1v) is 10.3. The van der Waals surface area contributed by atoms with E-state index in [-0.39, 0.29) is 5.82 Å². The fraction of sp³-hybridized carbons (Fsp3) is 0.526. The second-order valence-corrected chi connectivity index (χ2v) is 8.16. The van der Waals surface area contributed by atoms with Crippen LogP contribution in [0.15, 0.2) is 30.5 Å². The summed E-state index contributed by atoms with van der Waals surface area (Å²) in [7, 11) is 0. The van der Waals surface area contributed by atoms with E-state index in [0.29, 0.717) is 0 Å². The third-order valence-corrected chi connectivity index (χ3v) is 6.39. The van der Waals surface area contributed by atoms with Gasteiger partial charge in [-0.25, -0.2) is 4.39 Å². The molecule has 4 rings (SSSR count). The number of piperazine rings is 1. The molecule has 0 amide bonds. The number of nitrogens with zero attached hydrogens (tertiary/aromatic N) is 3. The first kappa shape index (κ1) is 17.1. The lowest BCUT2D eigenvalue weighted by atomic mass is 10.1. The molecule has 3 heterocycles. The summed E-state index contributed by atoms with van der Waals surface area (Å²) in [5.74, 6) is 2.42. The summed E-state index contributed by atoms with van der Waals surface area (Å²) in [5, 5.41) is 7.24. The van der Waals surface area contributed by atoms with Gasteiger partial charge in [0.15, 0.2) is 0 Å². The molecule has 2 saturated heterocycles. The number of hydrogen-bond donors (Lipinski definition) is 1. The van der Waals surface area contributed by atoms with Crippen molar-refractivity contribution in [2.75, 3.05) is 37.7 Å². The summed E-state index contributed by atoms with van der Waals surface area (Å²) in [6, 6.07) is 7.51. The Kier molecular flexibility index (Phi) is 5.39. The van der Waals surface area contributed by atoms with E-state index >= 15 is 0 Å². The van der Waals surface area contributed by atoms with Gasteiger partial charge in [0.2, 0.25) is 0 Å². The number of aromatic amines is 1. The van der Waals surface area contributed by atoms with Gasteiger partial charge in [-0.15, -0.1) is 0 Å². The van der Waals surface area contributed by atoms with Crippen LogP contribution in [0.5, 0.6) is 0 Å². The topological polar surface area (TPSA) is 35.2 Å². The molecule has 1 N–H and O–H groups in total. The number of halogens is 1. The van der Waals surface area contributed by atoms with Gasteiger partial charge in [0.05, 0.1) is 11.9 Å². The maximum atomic E-state index is 13.5. The third kappa shape index (κ3) is 4.07. The lowest BCUT2D eigenvalue weighted by Gasteiger charge is -2.40. The molecule has 1 aromatic carbocycles. The lowest BCUT2D eigenvalue weighted by Crippen LogP contribution is -2.50. The normalized spacial score (nSPS) is 20.8. The second kappa shape index (κ2) is 7.89. The molecule has 2 aromatic rings. The van der Waals surface area contributed by atoms with Crippen LogP contribution in [0.2, 0.25) is 0 Å². The minimum atomic E-state index is -0.211. The summed E-state index contributed by atoms with van der Waals surface area (Å²) < 4.78 is 13.5. The van der Waals surface area contributed by atoms with Crippen LogP contribution in [0.3, 0.4) is 0 Å². The highest BCUT2D eigenvalue weighted by atomic mass is 32.2. The van der Waals surface area contributed by atoms with Gasteiger partial charge in [-0.05, 0) is 36.5 Å². The van der Waals surface area contributed by atoms with Gasteiger partial charge >= 0.3 is 0 Å². The molecule has 0 saturated carbocycles. The number of H-pyrrole nitrogens is 1. The number of nitrogens with one attached hydrogen (secondary N) is 1. The van der Waals surface area contributed by atoms with E-state index in [1.807, 2.05) is 12.3 Å². The van der Waals surface area contributed by atoms with Crippen LogP contribution in [-0.4, -0.2) is 63.7 Å². The average molecular weight is 361 g/mol.